The van der Waals surface area contributed by atoms with E-state index < -0.39 is 0 Å². The molecule has 2 heteroatoms. The third-order valence-electron chi connectivity index (χ3n) is 12.0. The lowest BCUT2D eigenvalue weighted by atomic mass is 9.81. The highest BCUT2D eigenvalue weighted by molar-refractivity contribution is 7.25. The Labute approximate surface area is 337 Å². The lowest BCUT2D eigenvalue weighted by Crippen LogP contribution is -2.17. The predicted molar refractivity (Wildman–Crippen MR) is 245 cm³/mol. The molecule has 1 heterocycles. The first-order valence-electron chi connectivity index (χ1n) is 19.7. The van der Waals surface area contributed by atoms with Crippen LogP contribution in [0.2, 0.25) is 0 Å². The van der Waals surface area contributed by atoms with Crippen LogP contribution in [0.1, 0.15) is 25.0 Å². The summed E-state index contributed by atoms with van der Waals surface area (Å²) >= 11 is 1.87. The molecule has 0 saturated heterocycles. The van der Waals surface area contributed by atoms with Gasteiger partial charge in [0, 0.05) is 42.3 Å². The minimum atomic E-state index is -0.202. The molecule has 57 heavy (non-hydrogen) atoms. The van der Waals surface area contributed by atoms with Gasteiger partial charge in [0.25, 0.3) is 0 Å². The smallest absolute Gasteiger partial charge is 0.0546 e. The van der Waals surface area contributed by atoms with Crippen molar-refractivity contribution in [1.82, 2.24) is 0 Å². The molecule has 9 aromatic carbocycles. The second-order valence-electron chi connectivity index (χ2n) is 15.8. The minimum Gasteiger partial charge on any atom is -0.310 e. The minimum absolute atomic E-state index is 0.202. The maximum atomic E-state index is 2.47. The molecule has 0 aliphatic heterocycles. The van der Waals surface area contributed by atoms with E-state index in [9.17, 15) is 0 Å². The van der Waals surface area contributed by atoms with E-state index in [4.69, 9.17) is 0 Å². The highest BCUT2D eigenvalue weighted by Crippen LogP contribution is 2.52. The first-order valence-corrected chi connectivity index (χ1v) is 20.6. The van der Waals surface area contributed by atoms with Gasteiger partial charge < -0.3 is 4.90 Å². The molecular weight excluding hydrogens is 707 g/mol. The standard InChI is InChI=1S/C55H39NS/c1-55(2)50-33-40(39-24-30-54-49(32-39)48-19-11-12-20-53(48)57-54)23-28-46(50)47-29-27-44(35-51(47)55)56(43-25-21-38(22-26-43)36-13-5-3-6-14-36)52-34-42(37-15-7-4-8-16-37)31-41-17-9-10-18-45(41)52/h3-35H,1-2H3. The van der Waals surface area contributed by atoms with Crippen LogP contribution < -0.4 is 4.90 Å². The number of anilines is 3. The van der Waals surface area contributed by atoms with Gasteiger partial charge in [-0.15, -0.1) is 11.3 Å². The Morgan fingerprint density at radius 1 is 0.368 bits per heavy atom. The first kappa shape index (κ1) is 33.6. The maximum absolute atomic E-state index is 2.47. The van der Waals surface area contributed by atoms with E-state index in [1.807, 2.05) is 11.3 Å². The molecule has 0 unspecified atom stereocenters. The van der Waals surface area contributed by atoms with Crippen LogP contribution in [0.25, 0.3) is 75.5 Å². The number of rotatable bonds is 6. The molecule has 270 valence electrons. The second-order valence-corrected chi connectivity index (χ2v) is 16.8. The summed E-state index contributed by atoms with van der Waals surface area (Å²) in [6.07, 6.45) is 0. The zero-order valence-electron chi connectivity index (χ0n) is 31.9. The third-order valence-corrected chi connectivity index (χ3v) is 13.2. The van der Waals surface area contributed by atoms with Crippen molar-refractivity contribution in [2.45, 2.75) is 19.3 Å². The molecule has 1 nitrogen and oxygen atoms in total. The molecule has 0 radical (unpaired) electrons. The number of benzene rings is 9. The summed E-state index contributed by atoms with van der Waals surface area (Å²) in [5.41, 5.74) is 15.9. The molecule has 0 N–H and O–H groups in total. The lowest BCUT2D eigenvalue weighted by molar-refractivity contribution is 0.660. The summed E-state index contributed by atoms with van der Waals surface area (Å²) in [5, 5.41) is 5.10. The van der Waals surface area contributed by atoms with Crippen molar-refractivity contribution in [3.63, 3.8) is 0 Å². The topological polar surface area (TPSA) is 3.24 Å². The van der Waals surface area contributed by atoms with Gasteiger partial charge in [-0.25, -0.2) is 0 Å². The SMILES string of the molecule is CC1(C)c2cc(-c3ccc4sc5ccccc5c4c3)ccc2-c2ccc(N(c3ccc(-c4ccccc4)cc3)c3cc(-c4ccccc4)cc4ccccc34)cc21. The lowest BCUT2D eigenvalue weighted by Gasteiger charge is -2.30. The summed E-state index contributed by atoms with van der Waals surface area (Å²) in [7, 11) is 0. The zero-order valence-corrected chi connectivity index (χ0v) is 32.7. The van der Waals surface area contributed by atoms with E-state index in [1.54, 1.807) is 0 Å². The third kappa shape index (κ3) is 5.59. The van der Waals surface area contributed by atoms with Crippen molar-refractivity contribution in [2.75, 3.05) is 4.90 Å². The molecule has 0 fully saturated rings. The van der Waals surface area contributed by atoms with Crippen molar-refractivity contribution < 1.29 is 0 Å². The molecule has 11 rings (SSSR count). The van der Waals surface area contributed by atoms with E-state index >= 15 is 0 Å². The summed E-state index contributed by atoms with van der Waals surface area (Å²) in [6.45, 7) is 4.79. The molecule has 0 bridgehead atoms. The van der Waals surface area contributed by atoms with Crippen LogP contribution in [-0.2, 0) is 5.41 Å². The highest BCUT2D eigenvalue weighted by atomic mass is 32.1. The first-order chi connectivity index (χ1) is 28.0. The Morgan fingerprint density at radius 2 is 0.912 bits per heavy atom. The van der Waals surface area contributed by atoms with Gasteiger partial charge in [0.05, 0.1) is 5.69 Å². The van der Waals surface area contributed by atoms with Gasteiger partial charge in [-0.2, -0.15) is 0 Å². The molecule has 1 aliphatic carbocycles. The fourth-order valence-electron chi connectivity index (χ4n) is 9.08. The molecule has 0 amide bonds. The molecule has 0 saturated carbocycles. The van der Waals surface area contributed by atoms with Crippen molar-refractivity contribution in [2.24, 2.45) is 0 Å². The Morgan fingerprint density at radius 3 is 1.68 bits per heavy atom. The quantitative estimate of drug-likeness (QED) is 0.164. The normalized spacial score (nSPS) is 12.9. The molecule has 0 atom stereocenters. The Hall–Kier alpha value is -6.74. The number of nitrogens with zero attached hydrogens (tertiary/aromatic N) is 1. The summed E-state index contributed by atoms with van der Waals surface area (Å²) in [5.74, 6) is 0. The van der Waals surface area contributed by atoms with Crippen LogP contribution in [0.15, 0.2) is 200 Å². The summed E-state index contributed by atoms with van der Waals surface area (Å²) < 4.78 is 2.68. The Kier molecular flexibility index (Phi) is 7.77. The average Bonchev–Trinajstić information content (AvgIpc) is 3.75. The number of thiophene rings is 1. The highest BCUT2D eigenvalue weighted by Gasteiger charge is 2.36. The van der Waals surface area contributed by atoms with Crippen molar-refractivity contribution in [3.05, 3.63) is 211 Å². The number of hydrogen-bond acceptors (Lipinski definition) is 2. The summed E-state index contributed by atoms with van der Waals surface area (Å²) in [4.78, 5) is 2.47. The Bertz CT molecular complexity index is 3140. The van der Waals surface area contributed by atoms with Gasteiger partial charge in [0.15, 0.2) is 0 Å². The molecule has 10 aromatic rings. The van der Waals surface area contributed by atoms with Gasteiger partial charge in [-0.05, 0) is 122 Å². The number of fused-ring (bicyclic) bond motifs is 7. The molecule has 1 aromatic heterocycles. The Balaban J connectivity index is 1.06. The van der Waals surface area contributed by atoms with E-state index in [0.29, 0.717) is 0 Å². The van der Waals surface area contributed by atoms with Gasteiger partial charge in [0.2, 0.25) is 0 Å². The van der Waals surface area contributed by atoms with Crippen molar-refractivity contribution in [3.8, 4) is 44.5 Å². The fraction of sp³-hybridized carbons (Fsp3) is 0.0545. The summed E-state index contributed by atoms with van der Waals surface area (Å²) in [6, 6.07) is 73.9. The van der Waals surface area contributed by atoms with Gasteiger partial charge in [-0.3, -0.25) is 0 Å². The molecule has 1 aliphatic rings. The van der Waals surface area contributed by atoms with Gasteiger partial charge in [0.1, 0.15) is 0 Å². The monoisotopic (exact) mass is 745 g/mol. The van der Waals surface area contributed by atoms with Gasteiger partial charge in [-0.1, -0.05) is 153 Å². The zero-order chi connectivity index (χ0) is 38.1. The number of hydrogen-bond donors (Lipinski definition) is 0. The van der Waals surface area contributed by atoms with Crippen molar-refractivity contribution >= 4 is 59.3 Å². The average molecular weight is 746 g/mol. The fourth-order valence-corrected chi connectivity index (χ4v) is 10.2. The van der Waals surface area contributed by atoms with Gasteiger partial charge >= 0.3 is 0 Å². The second kappa shape index (κ2) is 13.2. The van der Waals surface area contributed by atoms with Crippen LogP contribution in [0.4, 0.5) is 17.1 Å². The van der Waals surface area contributed by atoms with E-state index in [0.717, 1.165) is 17.1 Å². The molecular formula is C55H39NS. The maximum Gasteiger partial charge on any atom is 0.0546 e. The van der Waals surface area contributed by atoms with E-state index in [2.05, 4.69) is 219 Å². The molecule has 0 spiro atoms. The van der Waals surface area contributed by atoms with Crippen LogP contribution in [-0.4, -0.2) is 0 Å². The van der Waals surface area contributed by atoms with Crippen LogP contribution in [0, 0.1) is 0 Å². The van der Waals surface area contributed by atoms with Crippen LogP contribution in [0.5, 0.6) is 0 Å². The van der Waals surface area contributed by atoms with E-state index in [-0.39, 0.29) is 5.41 Å². The largest absolute Gasteiger partial charge is 0.310 e. The predicted octanol–water partition coefficient (Wildman–Crippen LogP) is 16.0. The van der Waals surface area contributed by atoms with E-state index in [1.165, 1.54) is 86.6 Å². The van der Waals surface area contributed by atoms with Crippen molar-refractivity contribution in [1.29, 1.82) is 0 Å². The van der Waals surface area contributed by atoms with Crippen LogP contribution >= 0.6 is 11.3 Å². The van der Waals surface area contributed by atoms with Crippen LogP contribution in [0.3, 0.4) is 0 Å².